The van der Waals surface area contributed by atoms with Crippen LogP contribution < -0.4 is 14.5 Å². The van der Waals surface area contributed by atoms with Gasteiger partial charge in [-0.15, -0.1) is 0 Å². The third-order valence-corrected chi connectivity index (χ3v) is 5.69. The molecule has 0 atom stereocenters. The normalized spacial score (nSPS) is 10.9. The van der Waals surface area contributed by atoms with Gasteiger partial charge in [-0.2, -0.15) is 0 Å². The van der Waals surface area contributed by atoms with E-state index in [1.54, 1.807) is 0 Å². The summed E-state index contributed by atoms with van der Waals surface area (Å²) in [5, 5.41) is 4.64. The summed E-state index contributed by atoms with van der Waals surface area (Å²) < 4.78 is 2.23. The Balaban J connectivity index is 1.80. The molecule has 2 aromatic carbocycles. The zero-order valence-electron chi connectivity index (χ0n) is 14.0. The Morgan fingerprint density at radius 3 is 2.50 bits per heavy atom. The SMILES string of the molecule is CCCCCCNc1nc([Se]c2ccccc2)nc2ccccc12. The average Bonchev–Trinajstić information content (AvgIpc) is 2.62. The molecule has 124 valence electrons. The predicted molar refractivity (Wildman–Crippen MR) is 104 cm³/mol. The van der Waals surface area contributed by atoms with Crippen molar-refractivity contribution in [1.82, 2.24) is 9.97 Å². The Morgan fingerprint density at radius 1 is 0.875 bits per heavy atom. The number of benzene rings is 2. The van der Waals surface area contributed by atoms with Gasteiger partial charge < -0.3 is 0 Å². The molecule has 0 saturated carbocycles. The first-order valence-electron chi connectivity index (χ1n) is 8.60. The number of unbranched alkanes of at least 4 members (excludes halogenated alkanes) is 3. The van der Waals surface area contributed by atoms with Crippen molar-refractivity contribution in [3.8, 4) is 0 Å². The van der Waals surface area contributed by atoms with Gasteiger partial charge in [0.2, 0.25) is 0 Å². The van der Waals surface area contributed by atoms with E-state index in [1.807, 2.05) is 12.1 Å². The van der Waals surface area contributed by atoms with Crippen molar-refractivity contribution in [1.29, 1.82) is 0 Å². The van der Waals surface area contributed by atoms with Crippen LogP contribution in [0.3, 0.4) is 0 Å². The quantitative estimate of drug-likeness (QED) is 0.479. The fourth-order valence-corrected chi connectivity index (χ4v) is 4.24. The van der Waals surface area contributed by atoms with E-state index in [4.69, 9.17) is 9.97 Å². The van der Waals surface area contributed by atoms with Gasteiger partial charge in [-0.3, -0.25) is 0 Å². The first-order chi connectivity index (χ1) is 11.9. The summed E-state index contributed by atoms with van der Waals surface area (Å²) in [7, 11) is 0. The number of fused-ring (bicyclic) bond motifs is 1. The molecule has 1 N–H and O–H groups in total. The van der Waals surface area contributed by atoms with E-state index in [0.29, 0.717) is 0 Å². The molecular weight excluding hydrogens is 361 g/mol. The molecule has 24 heavy (non-hydrogen) atoms. The minimum atomic E-state index is 0.129. The van der Waals surface area contributed by atoms with Crippen LogP contribution >= 0.6 is 0 Å². The minimum absolute atomic E-state index is 0.129. The van der Waals surface area contributed by atoms with E-state index >= 15 is 0 Å². The van der Waals surface area contributed by atoms with E-state index in [2.05, 4.69) is 54.7 Å². The van der Waals surface area contributed by atoms with Crippen molar-refractivity contribution in [2.24, 2.45) is 0 Å². The van der Waals surface area contributed by atoms with E-state index in [-0.39, 0.29) is 15.0 Å². The topological polar surface area (TPSA) is 37.8 Å². The van der Waals surface area contributed by atoms with Crippen LogP contribution in [-0.4, -0.2) is 31.5 Å². The van der Waals surface area contributed by atoms with Crippen molar-refractivity contribution >= 4 is 40.9 Å². The third-order valence-electron chi connectivity index (χ3n) is 3.86. The van der Waals surface area contributed by atoms with E-state index < -0.39 is 0 Å². The van der Waals surface area contributed by atoms with Crippen LogP contribution in [0.25, 0.3) is 10.9 Å². The number of hydrogen-bond donors (Lipinski definition) is 1. The van der Waals surface area contributed by atoms with E-state index in [1.165, 1.54) is 30.1 Å². The van der Waals surface area contributed by atoms with Crippen molar-refractivity contribution in [2.45, 2.75) is 32.6 Å². The summed E-state index contributed by atoms with van der Waals surface area (Å²) in [5.41, 5.74) is 1.02. The van der Waals surface area contributed by atoms with Gasteiger partial charge in [-0.25, -0.2) is 0 Å². The summed E-state index contributed by atoms with van der Waals surface area (Å²) in [5.74, 6) is 0.977. The van der Waals surface area contributed by atoms with Gasteiger partial charge in [0.1, 0.15) is 0 Å². The molecule has 3 aromatic rings. The maximum atomic E-state index is 4.82. The molecule has 4 heteroatoms. The summed E-state index contributed by atoms with van der Waals surface area (Å²) in [6.07, 6.45) is 5.02. The zero-order chi connectivity index (χ0) is 16.6. The van der Waals surface area contributed by atoms with E-state index in [9.17, 15) is 0 Å². The van der Waals surface area contributed by atoms with Crippen molar-refractivity contribution < 1.29 is 0 Å². The second kappa shape index (κ2) is 8.81. The van der Waals surface area contributed by atoms with Crippen LogP contribution in [0.1, 0.15) is 32.6 Å². The van der Waals surface area contributed by atoms with Crippen molar-refractivity contribution in [2.75, 3.05) is 11.9 Å². The Morgan fingerprint density at radius 2 is 1.67 bits per heavy atom. The molecule has 0 aliphatic carbocycles. The number of nitrogens with zero attached hydrogens (tertiary/aromatic N) is 2. The maximum absolute atomic E-state index is 4.82. The molecule has 0 radical (unpaired) electrons. The van der Waals surface area contributed by atoms with Crippen LogP contribution in [0.15, 0.2) is 54.6 Å². The summed E-state index contributed by atoms with van der Waals surface area (Å²) in [6, 6.07) is 18.8. The zero-order valence-corrected chi connectivity index (χ0v) is 15.7. The molecule has 0 unspecified atom stereocenters. The first kappa shape index (κ1) is 16.9. The number of rotatable bonds is 8. The average molecular weight is 384 g/mol. The third kappa shape index (κ3) is 4.56. The summed E-state index contributed by atoms with van der Waals surface area (Å²) in [4.78, 5) is 9.59. The molecule has 0 spiro atoms. The molecule has 0 bridgehead atoms. The summed E-state index contributed by atoms with van der Waals surface area (Å²) >= 11 is 0.129. The summed E-state index contributed by atoms with van der Waals surface area (Å²) in [6.45, 7) is 3.21. The van der Waals surface area contributed by atoms with Crippen LogP contribution in [-0.2, 0) is 0 Å². The number of para-hydroxylation sites is 1. The van der Waals surface area contributed by atoms with Gasteiger partial charge in [0, 0.05) is 0 Å². The van der Waals surface area contributed by atoms with Gasteiger partial charge in [0.25, 0.3) is 0 Å². The fourth-order valence-electron chi connectivity index (χ4n) is 2.59. The molecular formula is C20H23N3Se. The second-order valence-electron chi connectivity index (χ2n) is 5.77. The van der Waals surface area contributed by atoms with Crippen LogP contribution in [0.2, 0.25) is 0 Å². The Bertz CT molecular complexity index is 774. The Kier molecular flexibility index (Phi) is 6.22. The Labute approximate surface area is 150 Å². The van der Waals surface area contributed by atoms with Crippen LogP contribution in [0.4, 0.5) is 5.82 Å². The molecule has 0 aliphatic rings. The molecule has 0 aliphatic heterocycles. The molecule has 0 fully saturated rings. The number of nitrogens with one attached hydrogen (secondary N) is 1. The molecule has 0 amide bonds. The van der Waals surface area contributed by atoms with Gasteiger partial charge in [0.05, 0.1) is 0 Å². The van der Waals surface area contributed by atoms with Gasteiger partial charge in [0.15, 0.2) is 0 Å². The van der Waals surface area contributed by atoms with Gasteiger partial charge >= 0.3 is 150 Å². The first-order valence-corrected chi connectivity index (χ1v) is 10.3. The second-order valence-corrected chi connectivity index (χ2v) is 7.96. The van der Waals surface area contributed by atoms with E-state index in [0.717, 1.165) is 28.0 Å². The van der Waals surface area contributed by atoms with Gasteiger partial charge in [-0.1, -0.05) is 0 Å². The molecule has 1 aromatic heterocycles. The molecule has 1 heterocycles. The van der Waals surface area contributed by atoms with Crippen molar-refractivity contribution in [3.63, 3.8) is 0 Å². The van der Waals surface area contributed by atoms with Gasteiger partial charge in [-0.05, 0) is 0 Å². The molecule has 3 rings (SSSR count). The number of anilines is 1. The van der Waals surface area contributed by atoms with Crippen LogP contribution in [0.5, 0.6) is 0 Å². The monoisotopic (exact) mass is 385 g/mol. The molecule has 3 nitrogen and oxygen atoms in total. The number of hydrogen-bond acceptors (Lipinski definition) is 3. The fraction of sp³-hybridized carbons (Fsp3) is 0.300. The number of aromatic nitrogens is 2. The van der Waals surface area contributed by atoms with Crippen molar-refractivity contribution in [3.05, 3.63) is 54.6 Å². The Hall–Kier alpha value is -1.90. The predicted octanol–water partition coefficient (Wildman–Crippen LogP) is 3.28. The standard InChI is InChI=1S/C20H23N3Se/c1-2-3-4-10-15-21-19-17-13-8-9-14-18(17)22-20(23-19)24-16-11-6-5-7-12-16/h5-9,11-14H,2-4,10,15H2,1H3,(H,21,22,23). The van der Waals surface area contributed by atoms with Crippen LogP contribution in [0, 0.1) is 0 Å². The molecule has 0 saturated heterocycles.